The zero-order valence-corrected chi connectivity index (χ0v) is 10.7. The molecule has 0 N–H and O–H groups in total. The highest BCUT2D eigenvalue weighted by atomic mass is 15.3. The summed E-state index contributed by atoms with van der Waals surface area (Å²) in [7, 11) is 7.90. The van der Waals surface area contributed by atoms with E-state index in [0.717, 1.165) is 18.3 Å². The quantitative estimate of drug-likeness (QED) is 0.546. The fourth-order valence-corrected chi connectivity index (χ4v) is 1.49. The lowest BCUT2D eigenvalue weighted by Gasteiger charge is -2.22. The van der Waals surface area contributed by atoms with E-state index in [-0.39, 0.29) is 0 Å². The van der Waals surface area contributed by atoms with E-state index in [1.165, 1.54) is 0 Å². The Morgan fingerprint density at radius 3 is 2.44 bits per heavy atom. The molecule has 0 aliphatic carbocycles. The molecule has 0 amide bonds. The van der Waals surface area contributed by atoms with Crippen LogP contribution in [0.5, 0.6) is 0 Å². The molecule has 0 saturated carbocycles. The van der Waals surface area contributed by atoms with E-state index in [9.17, 15) is 0 Å². The predicted molar refractivity (Wildman–Crippen MR) is 64.2 cm³/mol. The average Bonchev–Trinajstić information content (AvgIpc) is 2.64. The molecule has 0 aliphatic rings. The summed E-state index contributed by atoms with van der Waals surface area (Å²) in [6.45, 7) is 3.49. The number of aliphatic imine (C=N–C) groups is 1. The average molecular weight is 224 g/mol. The van der Waals surface area contributed by atoms with Crippen molar-refractivity contribution in [2.45, 2.75) is 20.0 Å². The molecule has 0 radical (unpaired) electrons. The molecule has 0 aliphatic heterocycles. The first-order valence-corrected chi connectivity index (χ1v) is 5.32. The van der Waals surface area contributed by atoms with Crippen LogP contribution in [0.2, 0.25) is 0 Å². The van der Waals surface area contributed by atoms with Crippen LogP contribution in [-0.2, 0) is 13.1 Å². The maximum absolute atomic E-state index is 4.52. The molecule has 1 aromatic rings. The summed E-state index contributed by atoms with van der Waals surface area (Å²) in [5, 5.41) is 7.92. The maximum atomic E-state index is 4.52. The van der Waals surface area contributed by atoms with Crippen LogP contribution in [0, 0.1) is 0 Å². The second-order valence-electron chi connectivity index (χ2n) is 3.94. The SMILES string of the molecule is CCn1cnnc1CN=C(N(C)C)N(C)C. The molecule has 0 bridgehead atoms. The molecule has 16 heavy (non-hydrogen) atoms. The molecule has 1 aromatic heterocycles. The summed E-state index contributed by atoms with van der Waals surface area (Å²) in [4.78, 5) is 8.48. The van der Waals surface area contributed by atoms with Gasteiger partial charge in [-0.2, -0.15) is 0 Å². The van der Waals surface area contributed by atoms with Gasteiger partial charge in [0.1, 0.15) is 12.9 Å². The van der Waals surface area contributed by atoms with Gasteiger partial charge in [0, 0.05) is 34.7 Å². The lowest BCUT2D eigenvalue weighted by atomic mass is 10.5. The molecule has 0 spiro atoms. The van der Waals surface area contributed by atoms with Crippen LogP contribution in [-0.4, -0.2) is 58.7 Å². The molecule has 0 aromatic carbocycles. The standard InChI is InChI=1S/C10H20N6/c1-6-16-8-12-13-9(16)7-11-10(14(2)3)15(4)5/h8H,6-7H2,1-5H3. The Hall–Kier alpha value is -1.59. The summed E-state index contributed by atoms with van der Waals surface area (Å²) in [5.41, 5.74) is 0. The van der Waals surface area contributed by atoms with E-state index in [0.29, 0.717) is 6.54 Å². The molecule has 0 saturated heterocycles. The van der Waals surface area contributed by atoms with Gasteiger partial charge in [-0.1, -0.05) is 0 Å². The highest BCUT2D eigenvalue weighted by Gasteiger charge is 2.06. The molecule has 0 atom stereocenters. The fraction of sp³-hybridized carbons (Fsp3) is 0.700. The maximum Gasteiger partial charge on any atom is 0.195 e. The molecule has 0 fully saturated rings. The summed E-state index contributed by atoms with van der Waals surface area (Å²) in [6.07, 6.45) is 1.73. The minimum Gasteiger partial charge on any atom is -0.349 e. The summed E-state index contributed by atoms with van der Waals surface area (Å²) >= 11 is 0. The van der Waals surface area contributed by atoms with Crippen LogP contribution in [0.1, 0.15) is 12.7 Å². The summed E-state index contributed by atoms with van der Waals surface area (Å²) in [6, 6.07) is 0. The topological polar surface area (TPSA) is 49.6 Å². The number of rotatable bonds is 3. The van der Waals surface area contributed by atoms with Crippen molar-refractivity contribution in [1.29, 1.82) is 0 Å². The van der Waals surface area contributed by atoms with Gasteiger partial charge in [0.2, 0.25) is 0 Å². The first-order chi connectivity index (χ1) is 7.56. The monoisotopic (exact) mass is 224 g/mol. The third-order valence-corrected chi connectivity index (χ3v) is 2.20. The predicted octanol–water partition coefficient (Wildman–Crippen LogP) is 0.277. The van der Waals surface area contributed by atoms with Gasteiger partial charge in [-0.05, 0) is 6.92 Å². The van der Waals surface area contributed by atoms with Crippen molar-refractivity contribution in [3.8, 4) is 0 Å². The summed E-state index contributed by atoms with van der Waals surface area (Å²) in [5.74, 6) is 1.81. The Morgan fingerprint density at radius 1 is 1.31 bits per heavy atom. The second kappa shape index (κ2) is 5.48. The largest absolute Gasteiger partial charge is 0.349 e. The van der Waals surface area contributed by atoms with Crippen molar-refractivity contribution in [2.24, 2.45) is 4.99 Å². The highest BCUT2D eigenvalue weighted by Crippen LogP contribution is 1.99. The lowest BCUT2D eigenvalue weighted by molar-refractivity contribution is 0.478. The van der Waals surface area contributed by atoms with E-state index in [2.05, 4.69) is 22.1 Å². The number of nitrogens with zero attached hydrogens (tertiary/aromatic N) is 6. The third-order valence-electron chi connectivity index (χ3n) is 2.20. The third kappa shape index (κ3) is 2.95. The van der Waals surface area contributed by atoms with Crippen molar-refractivity contribution in [2.75, 3.05) is 28.2 Å². The zero-order chi connectivity index (χ0) is 12.1. The van der Waals surface area contributed by atoms with Crippen LogP contribution in [0.25, 0.3) is 0 Å². The number of hydrogen-bond donors (Lipinski definition) is 0. The Kier molecular flexibility index (Phi) is 4.28. The minimum absolute atomic E-state index is 0.555. The number of hydrogen-bond acceptors (Lipinski definition) is 3. The van der Waals surface area contributed by atoms with Crippen LogP contribution < -0.4 is 0 Å². The molecule has 90 valence electrons. The van der Waals surface area contributed by atoms with Crippen LogP contribution in [0.3, 0.4) is 0 Å². The Balaban J connectivity index is 2.77. The van der Waals surface area contributed by atoms with Gasteiger partial charge in [-0.25, -0.2) is 4.99 Å². The van der Waals surface area contributed by atoms with Gasteiger partial charge in [0.25, 0.3) is 0 Å². The fourth-order valence-electron chi connectivity index (χ4n) is 1.49. The number of guanidine groups is 1. The van der Waals surface area contributed by atoms with Gasteiger partial charge in [-0.3, -0.25) is 0 Å². The van der Waals surface area contributed by atoms with Crippen LogP contribution >= 0.6 is 0 Å². The number of aromatic nitrogens is 3. The molecule has 1 heterocycles. The molecular weight excluding hydrogens is 204 g/mol. The highest BCUT2D eigenvalue weighted by molar-refractivity contribution is 5.79. The van der Waals surface area contributed by atoms with Gasteiger partial charge >= 0.3 is 0 Å². The first-order valence-electron chi connectivity index (χ1n) is 5.32. The Morgan fingerprint density at radius 2 is 1.94 bits per heavy atom. The van der Waals surface area contributed by atoms with Crippen molar-refractivity contribution < 1.29 is 0 Å². The molecule has 6 nitrogen and oxygen atoms in total. The van der Waals surface area contributed by atoms with Crippen LogP contribution in [0.15, 0.2) is 11.3 Å². The smallest absolute Gasteiger partial charge is 0.195 e. The second-order valence-corrected chi connectivity index (χ2v) is 3.94. The molecule has 0 unspecified atom stereocenters. The van der Waals surface area contributed by atoms with Crippen molar-refractivity contribution in [3.63, 3.8) is 0 Å². The van der Waals surface area contributed by atoms with Gasteiger partial charge in [-0.15, -0.1) is 10.2 Å². The summed E-state index contributed by atoms with van der Waals surface area (Å²) < 4.78 is 1.99. The Labute approximate surface area is 96.6 Å². The first kappa shape index (κ1) is 12.5. The van der Waals surface area contributed by atoms with Crippen LogP contribution in [0.4, 0.5) is 0 Å². The van der Waals surface area contributed by atoms with E-state index in [1.54, 1.807) is 6.33 Å². The van der Waals surface area contributed by atoms with Crippen molar-refractivity contribution in [1.82, 2.24) is 24.6 Å². The van der Waals surface area contributed by atoms with Gasteiger partial charge in [0.05, 0.1) is 0 Å². The van der Waals surface area contributed by atoms with Gasteiger partial charge in [0.15, 0.2) is 11.8 Å². The molecule has 6 heteroatoms. The Bertz CT molecular complexity index is 342. The van der Waals surface area contributed by atoms with E-state index < -0.39 is 0 Å². The lowest BCUT2D eigenvalue weighted by Crippen LogP contribution is -2.35. The zero-order valence-electron chi connectivity index (χ0n) is 10.7. The van der Waals surface area contributed by atoms with E-state index in [4.69, 9.17) is 0 Å². The van der Waals surface area contributed by atoms with Crippen molar-refractivity contribution >= 4 is 5.96 Å². The van der Waals surface area contributed by atoms with Crippen molar-refractivity contribution in [3.05, 3.63) is 12.2 Å². The molecular formula is C10H20N6. The van der Waals surface area contributed by atoms with Gasteiger partial charge < -0.3 is 14.4 Å². The molecule has 1 rings (SSSR count). The normalized spacial score (nSPS) is 10.1. The minimum atomic E-state index is 0.555. The van der Waals surface area contributed by atoms with E-state index >= 15 is 0 Å². The number of aryl methyl sites for hydroxylation is 1. The van der Waals surface area contributed by atoms with E-state index in [1.807, 2.05) is 42.6 Å².